The first-order valence-electron chi connectivity index (χ1n) is 16.2. The summed E-state index contributed by atoms with van der Waals surface area (Å²) >= 11 is 0. The molecule has 0 saturated carbocycles. The van der Waals surface area contributed by atoms with Gasteiger partial charge in [-0.3, -0.25) is 28.3 Å². The van der Waals surface area contributed by atoms with Crippen molar-refractivity contribution in [1.82, 2.24) is 39.1 Å². The standard InChI is InChI=1S/C28H70N8Si4/c1-18-31-20-21-32(19-2)27(31)29-36(39(13,14)15)40(16,17)23-26-22-33(24(3)4)28(34(26)25(5)6)30-35(37(7,8)9)38(10,11)12/h24-30H,18-23H2,1-17H3. The van der Waals surface area contributed by atoms with Crippen LogP contribution in [-0.2, 0) is 0 Å². The lowest BCUT2D eigenvalue weighted by atomic mass is 10.2. The Morgan fingerprint density at radius 2 is 1.07 bits per heavy atom. The summed E-state index contributed by atoms with van der Waals surface area (Å²) in [4.78, 5) is 10.8. The molecular formula is C28H70N8Si4. The Labute approximate surface area is 254 Å². The van der Waals surface area contributed by atoms with E-state index in [0.29, 0.717) is 24.4 Å². The van der Waals surface area contributed by atoms with Gasteiger partial charge < -0.3 is 0 Å². The van der Waals surface area contributed by atoms with Gasteiger partial charge in [0.15, 0.2) is 0 Å². The maximum atomic E-state index is 4.21. The predicted molar refractivity (Wildman–Crippen MR) is 187 cm³/mol. The molecule has 2 aliphatic heterocycles. The van der Waals surface area contributed by atoms with E-state index in [1.165, 1.54) is 6.04 Å². The van der Waals surface area contributed by atoms with Crippen LogP contribution in [-0.4, -0.2) is 125 Å². The summed E-state index contributed by atoms with van der Waals surface area (Å²) in [5.41, 5.74) is 8.41. The lowest BCUT2D eigenvalue weighted by Gasteiger charge is -2.51. The first-order chi connectivity index (χ1) is 18.1. The fraction of sp³-hybridized carbons (Fsp3) is 1.00. The smallest absolute Gasteiger partial charge is 0.132 e. The highest BCUT2D eigenvalue weighted by molar-refractivity contribution is 6.90. The van der Waals surface area contributed by atoms with Crippen LogP contribution in [0, 0.1) is 0 Å². The molecule has 2 atom stereocenters. The van der Waals surface area contributed by atoms with Crippen molar-refractivity contribution < 1.29 is 0 Å². The summed E-state index contributed by atoms with van der Waals surface area (Å²) in [6, 6.07) is 2.80. The van der Waals surface area contributed by atoms with Crippen LogP contribution < -0.4 is 10.9 Å². The Balaban J connectivity index is 2.43. The van der Waals surface area contributed by atoms with Gasteiger partial charge in [-0.1, -0.05) is 85.9 Å². The SMILES string of the molecule is CCN1CCN(CC)C1NN([Si](C)(C)C)[Si](C)(C)CC1CN(C(C)C)C(NN([Si](C)(C)C)[Si](C)(C)C)N1C(C)C. The molecule has 2 aliphatic rings. The number of likely N-dealkylation sites (N-methyl/N-ethyl adjacent to an activating group) is 2. The summed E-state index contributed by atoms with van der Waals surface area (Å²) in [5.74, 6) is 0. The molecule has 0 aromatic carbocycles. The first-order valence-corrected chi connectivity index (χ1v) is 29.7. The normalized spacial score (nSPS) is 24.2. The molecule has 0 aromatic rings. The Kier molecular flexibility index (Phi) is 12.6. The van der Waals surface area contributed by atoms with Crippen molar-refractivity contribution in [2.45, 2.75) is 150 Å². The molecule has 0 radical (unpaired) electrons. The van der Waals surface area contributed by atoms with Gasteiger partial charge in [0, 0.05) is 37.8 Å². The molecule has 238 valence electrons. The quantitative estimate of drug-likeness (QED) is 0.197. The number of hydrogen-bond acceptors (Lipinski definition) is 8. The molecule has 40 heavy (non-hydrogen) atoms. The molecule has 0 aliphatic carbocycles. The maximum absolute atomic E-state index is 4.21. The third kappa shape index (κ3) is 8.81. The Hall–Kier alpha value is 0.548. The van der Waals surface area contributed by atoms with Crippen LogP contribution in [0.5, 0.6) is 0 Å². The van der Waals surface area contributed by atoms with Crippen molar-refractivity contribution in [3.63, 3.8) is 0 Å². The minimum atomic E-state index is -1.84. The third-order valence-corrected chi connectivity index (χ3v) is 23.8. The molecule has 12 heteroatoms. The number of nitrogens with zero attached hydrogens (tertiary/aromatic N) is 6. The van der Waals surface area contributed by atoms with E-state index >= 15 is 0 Å². The summed E-state index contributed by atoms with van der Waals surface area (Å²) in [7, 11) is -6.59. The van der Waals surface area contributed by atoms with Gasteiger partial charge in [-0.15, -0.1) is 0 Å². The van der Waals surface area contributed by atoms with E-state index in [1.54, 1.807) is 0 Å². The number of hydrazine groups is 2. The second-order valence-electron chi connectivity index (χ2n) is 16.4. The molecule has 8 nitrogen and oxygen atoms in total. The molecule has 2 saturated heterocycles. The lowest BCUT2D eigenvalue weighted by Crippen LogP contribution is -2.72. The largest absolute Gasteiger partial charge is 0.284 e. The topological polar surface area (TPSA) is 43.5 Å². The van der Waals surface area contributed by atoms with Gasteiger partial charge in [-0.2, -0.15) is 0 Å². The predicted octanol–water partition coefficient (Wildman–Crippen LogP) is 5.34. The monoisotopic (exact) mass is 630 g/mol. The Bertz CT molecular complexity index is 767. The highest BCUT2D eigenvalue weighted by Gasteiger charge is 2.50. The molecule has 2 unspecified atom stereocenters. The van der Waals surface area contributed by atoms with Crippen LogP contribution in [0.2, 0.25) is 78.1 Å². The molecule has 0 bridgehead atoms. The second kappa shape index (κ2) is 13.7. The van der Waals surface area contributed by atoms with Crippen molar-refractivity contribution in [1.29, 1.82) is 0 Å². The highest BCUT2D eigenvalue weighted by Crippen LogP contribution is 2.33. The van der Waals surface area contributed by atoms with Gasteiger partial charge in [0.1, 0.15) is 45.5 Å². The van der Waals surface area contributed by atoms with Gasteiger partial charge in [-0.05, 0) is 46.8 Å². The first kappa shape index (κ1) is 36.7. The van der Waals surface area contributed by atoms with Crippen molar-refractivity contribution in [2.75, 3.05) is 32.7 Å². The molecule has 0 amide bonds. The van der Waals surface area contributed by atoms with E-state index in [4.69, 9.17) is 0 Å². The molecule has 0 aromatic heterocycles. The fourth-order valence-electron chi connectivity index (χ4n) is 7.44. The average molecular weight is 631 g/mol. The number of rotatable bonds is 14. The highest BCUT2D eigenvalue weighted by atomic mass is 28.4. The van der Waals surface area contributed by atoms with Crippen molar-refractivity contribution in [2.24, 2.45) is 0 Å². The van der Waals surface area contributed by atoms with E-state index < -0.39 is 32.9 Å². The van der Waals surface area contributed by atoms with Gasteiger partial charge in [0.05, 0.1) is 0 Å². The minimum Gasteiger partial charge on any atom is -0.284 e. The van der Waals surface area contributed by atoms with Gasteiger partial charge in [0.25, 0.3) is 0 Å². The zero-order valence-corrected chi connectivity index (χ0v) is 33.8. The fourth-order valence-corrected chi connectivity index (χ4v) is 26.7. The molecule has 2 N–H and O–H groups in total. The molecule has 2 heterocycles. The average Bonchev–Trinajstić information content (AvgIpc) is 3.33. The van der Waals surface area contributed by atoms with Crippen molar-refractivity contribution >= 4 is 32.9 Å². The molecule has 0 spiro atoms. The van der Waals surface area contributed by atoms with Crippen LogP contribution in [0.3, 0.4) is 0 Å². The molecule has 2 rings (SSSR count). The zero-order chi connectivity index (χ0) is 31.0. The van der Waals surface area contributed by atoms with E-state index in [1.807, 2.05) is 0 Å². The summed E-state index contributed by atoms with van der Waals surface area (Å²) < 4.78 is 5.64. The van der Waals surface area contributed by atoms with Gasteiger partial charge in [-0.25, -0.2) is 10.9 Å². The minimum absolute atomic E-state index is 0.252. The van der Waals surface area contributed by atoms with Crippen LogP contribution in [0.15, 0.2) is 0 Å². The molecule has 2 fully saturated rings. The number of nitrogens with one attached hydrogen (secondary N) is 2. The second-order valence-corrected chi connectivity index (χ2v) is 36.2. The van der Waals surface area contributed by atoms with E-state index in [0.717, 1.165) is 32.7 Å². The van der Waals surface area contributed by atoms with Crippen LogP contribution in [0.1, 0.15) is 41.5 Å². The lowest BCUT2D eigenvalue weighted by molar-refractivity contribution is 0.0256. The van der Waals surface area contributed by atoms with Crippen molar-refractivity contribution in [3.05, 3.63) is 0 Å². The van der Waals surface area contributed by atoms with Crippen LogP contribution in [0.4, 0.5) is 0 Å². The number of hydrogen-bond donors (Lipinski definition) is 2. The van der Waals surface area contributed by atoms with E-state index in [-0.39, 0.29) is 6.29 Å². The Morgan fingerprint density at radius 3 is 1.43 bits per heavy atom. The Morgan fingerprint density at radius 1 is 0.650 bits per heavy atom. The maximum Gasteiger partial charge on any atom is 0.132 e. The molecular weight excluding hydrogens is 561 g/mol. The van der Waals surface area contributed by atoms with E-state index in [9.17, 15) is 0 Å². The third-order valence-electron chi connectivity index (χ3n) is 8.72. The van der Waals surface area contributed by atoms with Gasteiger partial charge in [0.2, 0.25) is 0 Å². The zero-order valence-electron chi connectivity index (χ0n) is 29.8. The van der Waals surface area contributed by atoms with Crippen LogP contribution in [0.25, 0.3) is 0 Å². The summed E-state index contributed by atoms with van der Waals surface area (Å²) in [6.45, 7) is 47.8. The van der Waals surface area contributed by atoms with Crippen molar-refractivity contribution in [3.8, 4) is 0 Å². The van der Waals surface area contributed by atoms with E-state index in [2.05, 4.69) is 153 Å². The van der Waals surface area contributed by atoms with Gasteiger partial charge >= 0.3 is 0 Å². The van der Waals surface area contributed by atoms with Crippen LogP contribution >= 0.6 is 0 Å². The summed E-state index contributed by atoms with van der Waals surface area (Å²) in [5, 5.41) is 0. The summed E-state index contributed by atoms with van der Waals surface area (Å²) in [6.07, 6.45) is 0.574.